The maximum absolute atomic E-state index is 11.8. The molecule has 7 nitrogen and oxygen atoms in total. The van der Waals surface area contributed by atoms with E-state index in [1.165, 1.54) is 17.7 Å². The molecule has 1 aromatic heterocycles. The van der Waals surface area contributed by atoms with E-state index in [0.29, 0.717) is 25.7 Å². The van der Waals surface area contributed by atoms with Gasteiger partial charge in [0.15, 0.2) is 5.96 Å². The number of guanidine groups is 1. The van der Waals surface area contributed by atoms with E-state index in [9.17, 15) is 8.42 Å². The molecule has 2 aliphatic rings. The molecule has 2 aliphatic heterocycles. The Labute approximate surface area is 160 Å². The first kappa shape index (κ1) is 19.6. The van der Waals surface area contributed by atoms with Gasteiger partial charge in [0.05, 0.1) is 11.8 Å². The molecule has 2 N–H and O–H groups in total. The smallest absolute Gasteiger partial charge is 0.214 e. The summed E-state index contributed by atoms with van der Waals surface area (Å²) < 4.78 is 25.3. The van der Waals surface area contributed by atoms with Crippen LogP contribution in [0.5, 0.6) is 0 Å². The zero-order valence-corrected chi connectivity index (χ0v) is 17.0. The van der Waals surface area contributed by atoms with Crippen molar-refractivity contribution in [3.05, 3.63) is 22.4 Å². The number of nitrogens with zero attached hydrogens (tertiary/aromatic N) is 3. The van der Waals surface area contributed by atoms with Gasteiger partial charge in [-0.2, -0.15) is 0 Å². The van der Waals surface area contributed by atoms with Crippen LogP contribution in [0.1, 0.15) is 30.2 Å². The van der Waals surface area contributed by atoms with Crippen molar-refractivity contribution in [1.29, 1.82) is 0 Å². The van der Waals surface area contributed by atoms with Crippen molar-refractivity contribution in [3.8, 4) is 0 Å². The summed E-state index contributed by atoms with van der Waals surface area (Å²) in [7, 11) is -1.28. The zero-order chi connectivity index (χ0) is 18.4. The Balaban J connectivity index is 1.49. The molecule has 1 unspecified atom stereocenters. The van der Waals surface area contributed by atoms with Crippen LogP contribution in [-0.4, -0.2) is 75.7 Å². The van der Waals surface area contributed by atoms with Gasteiger partial charge in [-0.05, 0) is 43.8 Å². The predicted octanol–water partition coefficient (Wildman–Crippen LogP) is 1.09. The molecule has 1 atom stereocenters. The van der Waals surface area contributed by atoms with Crippen LogP contribution < -0.4 is 10.6 Å². The van der Waals surface area contributed by atoms with E-state index >= 15 is 0 Å². The van der Waals surface area contributed by atoms with Crippen LogP contribution in [0, 0.1) is 0 Å². The number of aliphatic imine (C=N–C) groups is 1. The van der Waals surface area contributed by atoms with Crippen molar-refractivity contribution >= 4 is 27.3 Å². The average Bonchev–Trinajstić information content (AvgIpc) is 3.36. The molecule has 9 heteroatoms. The van der Waals surface area contributed by atoms with E-state index in [2.05, 4.69) is 38.0 Å². The monoisotopic (exact) mass is 399 g/mol. The Hall–Kier alpha value is -1.16. The standard InChI is InChI=1S/C17H29N5O2S2/c1-18-17(19-7-11-22-10-5-13-26(22,23)24)20-14-15(16-6-4-12-25-16)21-8-2-3-9-21/h4,6,12,15H,2-3,5,7-11,13-14H2,1H3,(H2,18,19,20). The predicted molar refractivity (Wildman–Crippen MR) is 107 cm³/mol. The lowest BCUT2D eigenvalue weighted by atomic mass is 10.2. The lowest BCUT2D eigenvalue weighted by Crippen LogP contribution is -2.44. The number of thiophene rings is 1. The van der Waals surface area contributed by atoms with Crippen molar-refractivity contribution in [2.45, 2.75) is 25.3 Å². The SMILES string of the molecule is CN=C(NCCN1CCCS1(=O)=O)NCC(c1cccs1)N1CCCC1. The van der Waals surface area contributed by atoms with Crippen molar-refractivity contribution in [2.24, 2.45) is 4.99 Å². The molecule has 0 amide bonds. The van der Waals surface area contributed by atoms with E-state index in [4.69, 9.17) is 0 Å². The number of hydrogen-bond acceptors (Lipinski definition) is 5. The summed E-state index contributed by atoms with van der Waals surface area (Å²) >= 11 is 1.80. The highest BCUT2D eigenvalue weighted by atomic mass is 32.2. The topological polar surface area (TPSA) is 77.0 Å². The van der Waals surface area contributed by atoms with Gasteiger partial charge in [0, 0.05) is 38.1 Å². The highest BCUT2D eigenvalue weighted by Gasteiger charge is 2.27. The summed E-state index contributed by atoms with van der Waals surface area (Å²) in [4.78, 5) is 8.18. The van der Waals surface area contributed by atoms with Gasteiger partial charge in [0.1, 0.15) is 0 Å². The van der Waals surface area contributed by atoms with E-state index in [1.807, 2.05) is 0 Å². The van der Waals surface area contributed by atoms with E-state index in [0.717, 1.165) is 32.0 Å². The molecular formula is C17H29N5O2S2. The summed E-state index contributed by atoms with van der Waals surface area (Å²) in [5.41, 5.74) is 0. The molecule has 2 saturated heterocycles. The van der Waals surface area contributed by atoms with E-state index in [-0.39, 0.29) is 5.75 Å². The van der Waals surface area contributed by atoms with Crippen LogP contribution in [0.4, 0.5) is 0 Å². The molecule has 0 spiro atoms. The molecule has 0 saturated carbocycles. The van der Waals surface area contributed by atoms with Crippen LogP contribution >= 0.6 is 11.3 Å². The Bertz CT molecular complexity index is 684. The molecule has 146 valence electrons. The number of likely N-dealkylation sites (tertiary alicyclic amines) is 1. The van der Waals surface area contributed by atoms with Crippen molar-refractivity contribution < 1.29 is 8.42 Å². The number of nitrogens with one attached hydrogen (secondary N) is 2. The maximum atomic E-state index is 11.8. The van der Waals surface area contributed by atoms with Crippen LogP contribution in [0.2, 0.25) is 0 Å². The van der Waals surface area contributed by atoms with Crippen molar-refractivity contribution in [3.63, 3.8) is 0 Å². The Kier molecular flexibility index (Phi) is 6.91. The van der Waals surface area contributed by atoms with Crippen LogP contribution in [0.25, 0.3) is 0 Å². The van der Waals surface area contributed by atoms with Gasteiger partial charge >= 0.3 is 0 Å². The normalized spacial score (nSPS) is 22.6. The fraction of sp³-hybridized carbons (Fsp3) is 0.706. The third-order valence-electron chi connectivity index (χ3n) is 5.00. The minimum absolute atomic E-state index is 0.276. The molecule has 1 aromatic rings. The van der Waals surface area contributed by atoms with Gasteiger partial charge in [-0.1, -0.05) is 6.07 Å². The summed E-state index contributed by atoms with van der Waals surface area (Å²) in [6.07, 6.45) is 3.26. The number of hydrogen-bond donors (Lipinski definition) is 2. The molecular weight excluding hydrogens is 370 g/mol. The van der Waals surface area contributed by atoms with Gasteiger partial charge in [0.25, 0.3) is 0 Å². The molecule has 26 heavy (non-hydrogen) atoms. The van der Waals surface area contributed by atoms with Gasteiger partial charge in [-0.25, -0.2) is 12.7 Å². The summed E-state index contributed by atoms with van der Waals surface area (Å²) in [5.74, 6) is 1.00. The fourth-order valence-corrected chi connectivity index (χ4v) is 5.99. The van der Waals surface area contributed by atoms with Crippen molar-refractivity contribution in [1.82, 2.24) is 19.8 Å². The Morgan fingerprint density at radius 1 is 1.27 bits per heavy atom. The first-order valence-electron chi connectivity index (χ1n) is 9.30. The van der Waals surface area contributed by atoms with Crippen LogP contribution in [0.3, 0.4) is 0 Å². The Morgan fingerprint density at radius 3 is 2.69 bits per heavy atom. The molecule has 0 bridgehead atoms. The molecule has 2 fully saturated rings. The summed E-state index contributed by atoms with van der Waals surface area (Å²) in [5, 5.41) is 8.79. The number of sulfonamides is 1. The Morgan fingerprint density at radius 2 is 2.08 bits per heavy atom. The van der Waals surface area contributed by atoms with Crippen LogP contribution in [-0.2, 0) is 10.0 Å². The molecule has 0 radical (unpaired) electrons. The van der Waals surface area contributed by atoms with Gasteiger partial charge in [-0.15, -0.1) is 11.3 Å². The minimum Gasteiger partial charge on any atom is -0.355 e. The molecule has 3 rings (SSSR count). The van der Waals surface area contributed by atoms with Gasteiger partial charge in [0.2, 0.25) is 10.0 Å². The van der Waals surface area contributed by atoms with Crippen molar-refractivity contribution in [2.75, 3.05) is 52.1 Å². The first-order chi connectivity index (χ1) is 12.6. The fourth-order valence-electron chi connectivity index (χ4n) is 3.60. The summed E-state index contributed by atoms with van der Waals surface area (Å²) in [6, 6.07) is 4.66. The average molecular weight is 400 g/mol. The minimum atomic E-state index is -3.03. The quantitative estimate of drug-likeness (QED) is 0.530. The molecule has 0 aliphatic carbocycles. The zero-order valence-electron chi connectivity index (χ0n) is 15.4. The maximum Gasteiger partial charge on any atom is 0.214 e. The van der Waals surface area contributed by atoms with E-state index < -0.39 is 10.0 Å². The number of rotatable bonds is 7. The highest BCUT2D eigenvalue weighted by Crippen LogP contribution is 2.27. The van der Waals surface area contributed by atoms with Gasteiger partial charge in [-0.3, -0.25) is 9.89 Å². The first-order valence-corrected chi connectivity index (χ1v) is 11.8. The third-order valence-corrected chi connectivity index (χ3v) is 7.93. The molecule has 0 aromatic carbocycles. The second-order valence-corrected chi connectivity index (χ2v) is 9.79. The third kappa shape index (κ3) is 4.97. The largest absolute Gasteiger partial charge is 0.355 e. The highest BCUT2D eigenvalue weighted by molar-refractivity contribution is 7.89. The second-order valence-electron chi connectivity index (χ2n) is 6.72. The lowest BCUT2D eigenvalue weighted by molar-refractivity contribution is 0.249. The van der Waals surface area contributed by atoms with Gasteiger partial charge < -0.3 is 10.6 Å². The summed E-state index contributed by atoms with van der Waals surface area (Å²) in [6.45, 7) is 4.76. The molecule has 3 heterocycles. The van der Waals surface area contributed by atoms with E-state index in [1.54, 1.807) is 22.7 Å². The second kappa shape index (κ2) is 9.16. The lowest BCUT2D eigenvalue weighted by Gasteiger charge is -2.27. The van der Waals surface area contributed by atoms with Crippen LogP contribution in [0.15, 0.2) is 22.5 Å².